The maximum atomic E-state index is 11.5. The van der Waals surface area contributed by atoms with Gasteiger partial charge >= 0.3 is 5.97 Å². The van der Waals surface area contributed by atoms with Gasteiger partial charge in [0.1, 0.15) is 67.6 Å². The monoisotopic (exact) mass is 546 g/mol. The van der Waals surface area contributed by atoms with Crippen LogP contribution in [0.15, 0.2) is 0 Å². The van der Waals surface area contributed by atoms with Gasteiger partial charge in [0.05, 0.1) is 19.8 Å². The summed E-state index contributed by atoms with van der Waals surface area (Å²) in [6.07, 6.45) is -22.5. The molecule has 0 bridgehead atoms. The molecule has 14 atom stereocenters. The van der Waals surface area contributed by atoms with Gasteiger partial charge in [0.15, 0.2) is 18.7 Å². The Morgan fingerprint density at radius 1 is 0.730 bits per heavy atom. The Hall–Kier alpha value is -1.13. The molecule has 0 spiro atoms. The van der Waals surface area contributed by atoms with Crippen LogP contribution in [0.2, 0.25) is 0 Å². The van der Waals surface area contributed by atoms with Crippen LogP contribution in [-0.2, 0) is 33.2 Å². The van der Waals surface area contributed by atoms with Crippen molar-refractivity contribution in [3.8, 4) is 0 Å². The van der Waals surface area contributed by atoms with E-state index in [-0.39, 0.29) is 0 Å². The molecule has 0 saturated carbocycles. The third-order valence-corrected chi connectivity index (χ3v) is 6.46. The average Bonchev–Trinajstić information content (AvgIpc) is 3.12. The van der Waals surface area contributed by atoms with Crippen molar-refractivity contribution in [3.05, 3.63) is 0 Å². The summed E-state index contributed by atoms with van der Waals surface area (Å²) in [4.78, 5) is 11.5. The maximum Gasteiger partial charge on any atom is 0.303 e. The number of esters is 1. The van der Waals surface area contributed by atoms with Crippen molar-refractivity contribution in [1.82, 2.24) is 0 Å². The molecule has 37 heavy (non-hydrogen) atoms. The molecule has 10 N–H and O–H groups in total. The molecule has 0 unspecified atom stereocenters. The predicted octanol–water partition coefficient (Wildman–Crippen LogP) is -7.00. The van der Waals surface area contributed by atoms with Crippen LogP contribution >= 0.6 is 0 Å². The van der Waals surface area contributed by atoms with E-state index in [0.717, 1.165) is 6.92 Å². The Kier molecular flexibility index (Phi) is 10.2. The normalized spacial score (nSPS) is 48.7. The number of carbonyl (C=O) groups is 1. The van der Waals surface area contributed by atoms with Crippen LogP contribution in [0.5, 0.6) is 0 Å². The molecule has 0 aromatic rings. The van der Waals surface area contributed by atoms with Crippen molar-refractivity contribution < 1.29 is 84.3 Å². The van der Waals surface area contributed by atoms with E-state index < -0.39 is 118 Å². The van der Waals surface area contributed by atoms with Gasteiger partial charge < -0.3 is 79.5 Å². The summed E-state index contributed by atoms with van der Waals surface area (Å²) in [6, 6.07) is 0. The van der Waals surface area contributed by atoms with Crippen LogP contribution in [0.4, 0.5) is 0 Å². The molecule has 3 rings (SSSR count). The topological polar surface area (TPSA) is 275 Å². The number of hydrogen-bond acceptors (Lipinski definition) is 17. The first kappa shape index (κ1) is 30.4. The standard InChI is InChI=1S/C20H34O17/c1-6(25)32-15-11(27)8(3-22)33-18(14(15)30)35-16-13(29)10(26)7(2-21)34-19(16)37-20(5-24)17(31)12(28)9(4-23)36-20/h7-19,21-24,26-31H,2-5H2,1H3/t7-,8-,9-,10-,11-,12-,13+,14-,15+,16-,17+,18+,19-,20+/m1/s1. The van der Waals surface area contributed by atoms with Gasteiger partial charge in [0.25, 0.3) is 0 Å². The highest BCUT2D eigenvalue weighted by molar-refractivity contribution is 5.66. The molecule has 3 saturated heterocycles. The van der Waals surface area contributed by atoms with Crippen LogP contribution in [0.1, 0.15) is 6.92 Å². The lowest BCUT2D eigenvalue weighted by atomic mass is 9.97. The molecule has 3 aliphatic rings. The lowest BCUT2D eigenvalue weighted by Gasteiger charge is -2.47. The molecular formula is C20H34O17. The SMILES string of the molecule is CC(=O)O[C@@H]1[C@@H](O)[C@H](O[C@H]2[C@@H](O[C@]3(CO)O[C@H](CO)[C@@H](O)[C@@H]3O)O[C@H](CO)[C@@H](O)[C@@H]2O)O[C@H](CO)[C@H]1O. The van der Waals surface area contributed by atoms with Gasteiger partial charge in [0, 0.05) is 6.92 Å². The second-order valence-corrected chi connectivity index (χ2v) is 8.95. The van der Waals surface area contributed by atoms with Gasteiger partial charge in [-0.15, -0.1) is 0 Å². The molecular weight excluding hydrogens is 512 g/mol. The largest absolute Gasteiger partial charge is 0.457 e. The summed E-state index contributed by atoms with van der Waals surface area (Å²) in [6.45, 7) is -2.52. The summed E-state index contributed by atoms with van der Waals surface area (Å²) in [5.41, 5.74) is 0. The van der Waals surface area contributed by atoms with Gasteiger partial charge in [-0.3, -0.25) is 4.79 Å². The van der Waals surface area contributed by atoms with E-state index in [1.807, 2.05) is 0 Å². The predicted molar refractivity (Wildman–Crippen MR) is 111 cm³/mol. The highest BCUT2D eigenvalue weighted by Gasteiger charge is 2.59. The fourth-order valence-electron chi connectivity index (χ4n) is 4.41. The van der Waals surface area contributed by atoms with E-state index in [1.165, 1.54) is 0 Å². The molecule has 17 nitrogen and oxygen atoms in total. The Morgan fingerprint density at radius 2 is 1.30 bits per heavy atom. The van der Waals surface area contributed by atoms with Gasteiger partial charge in [0.2, 0.25) is 5.79 Å². The van der Waals surface area contributed by atoms with Gasteiger partial charge in [-0.25, -0.2) is 0 Å². The lowest BCUT2D eigenvalue weighted by Crippen LogP contribution is -2.66. The van der Waals surface area contributed by atoms with E-state index in [0.29, 0.717) is 0 Å². The average molecular weight is 546 g/mol. The van der Waals surface area contributed by atoms with Crippen molar-refractivity contribution >= 4 is 5.97 Å². The second-order valence-electron chi connectivity index (χ2n) is 8.95. The summed E-state index contributed by atoms with van der Waals surface area (Å²) >= 11 is 0. The molecule has 0 aromatic heterocycles. The minimum Gasteiger partial charge on any atom is -0.457 e. The van der Waals surface area contributed by atoms with E-state index in [9.17, 15) is 55.9 Å². The number of ether oxygens (including phenoxy) is 6. The number of rotatable bonds is 9. The van der Waals surface area contributed by atoms with E-state index in [4.69, 9.17) is 28.4 Å². The first-order chi connectivity index (χ1) is 17.4. The maximum absolute atomic E-state index is 11.5. The molecule has 0 amide bonds. The third kappa shape index (κ3) is 5.91. The van der Waals surface area contributed by atoms with E-state index in [1.54, 1.807) is 0 Å². The molecule has 216 valence electrons. The van der Waals surface area contributed by atoms with Gasteiger partial charge in [-0.1, -0.05) is 0 Å². The third-order valence-electron chi connectivity index (χ3n) is 6.46. The minimum absolute atomic E-state index is 0.778. The van der Waals surface area contributed by atoms with Crippen LogP contribution in [0.3, 0.4) is 0 Å². The van der Waals surface area contributed by atoms with E-state index in [2.05, 4.69) is 0 Å². The number of carbonyl (C=O) groups excluding carboxylic acids is 1. The van der Waals surface area contributed by atoms with Crippen molar-refractivity contribution in [2.45, 2.75) is 92.4 Å². The fourth-order valence-corrected chi connectivity index (χ4v) is 4.41. The highest BCUT2D eigenvalue weighted by Crippen LogP contribution is 2.37. The Labute approximate surface area is 209 Å². The summed E-state index contributed by atoms with van der Waals surface area (Å²) < 4.78 is 32.1. The molecule has 0 aliphatic carbocycles. The summed E-state index contributed by atoms with van der Waals surface area (Å²) in [5.74, 6) is -3.32. The summed E-state index contributed by atoms with van der Waals surface area (Å²) in [7, 11) is 0. The Bertz CT molecular complexity index is 756. The number of hydrogen-bond donors (Lipinski definition) is 10. The van der Waals surface area contributed by atoms with Crippen LogP contribution in [-0.4, -0.2) is 169 Å². The summed E-state index contributed by atoms with van der Waals surface area (Å²) in [5, 5.41) is 101. The van der Waals surface area contributed by atoms with Gasteiger partial charge in [-0.05, 0) is 0 Å². The van der Waals surface area contributed by atoms with Crippen molar-refractivity contribution in [2.24, 2.45) is 0 Å². The molecule has 3 fully saturated rings. The van der Waals surface area contributed by atoms with Crippen LogP contribution in [0, 0.1) is 0 Å². The highest BCUT2D eigenvalue weighted by atomic mass is 16.8. The van der Waals surface area contributed by atoms with Crippen molar-refractivity contribution in [1.29, 1.82) is 0 Å². The van der Waals surface area contributed by atoms with Crippen LogP contribution < -0.4 is 0 Å². The number of aliphatic hydroxyl groups is 10. The first-order valence-corrected chi connectivity index (χ1v) is 11.5. The lowest BCUT2D eigenvalue weighted by molar-refractivity contribution is -0.408. The quantitative estimate of drug-likeness (QED) is 0.120. The second kappa shape index (κ2) is 12.4. The Balaban J connectivity index is 1.90. The zero-order valence-electron chi connectivity index (χ0n) is 19.7. The molecule has 17 heteroatoms. The number of aliphatic hydroxyl groups excluding tert-OH is 10. The zero-order chi connectivity index (χ0) is 27.7. The molecule has 0 aromatic carbocycles. The van der Waals surface area contributed by atoms with Crippen LogP contribution in [0.25, 0.3) is 0 Å². The fraction of sp³-hybridized carbons (Fsp3) is 0.950. The van der Waals surface area contributed by atoms with E-state index >= 15 is 0 Å². The van der Waals surface area contributed by atoms with Crippen molar-refractivity contribution in [2.75, 3.05) is 26.4 Å². The Morgan fingerprint density at radius 3 is 1.81 bits per heavy atom. The zero-order valence-corrected chi connectivity index (χ0v) is 19.7. The van der Waals surface area contributed by atoms with Gasteiger partial charge in [-0.2, -0.15) is 0 Å². The molecule has 3 heterocycles. The first-order valence-electron chi connectivity index (χ1n) is 11.5. The molecule has 3 aliphatic heterocycles. The molecule has 0 radical (unpaired) electrons. The van der Waals surface area contributed by atoms with Crippen molar-refractivity contribution in [3.63, 3.8) is 0 Å². The minimum atomic E-state index is -2.43. The smallest absolute Gasteiger partial charge is 0.303 e.